The summed E-state index contributed by atoms with van der Waals surface area (Å²) in [6, 6.07) is 1.97. The monoisotopic (exact) mass is 251 g/mol. The number of rotatable bonds is 4. The van der Waals surface area contributed by atoms with E-state index in [4.69, 9.17) is 0 Å². The van der Waals surface area contributed by atoms with Gasteiger partial charge in [-0.25, -0.2) is 0 Å². The van der Waals surface area contributed by atoms with Gasteiger partial charge in [-0.2, -0.15) is 5.10 Å². The molecule has 5 nitrogen and oxygen atoms in total. The minimum atomic E-state index is -0.735. The van der Waals surface area contributed by atoms with Crippen LogP contribution in [0.1, 0.15) is 38.8 Å². The van der Waals surface area contributed by atoms with E-state index >= 15 is 0 Å². The van der Waals surface area contributed by atoms with Crippen LogP contribution in [0.5, 0.6) is 0 Å². The second kappa shape index (κ2) is 5.10. The molecule has 0 radical (unpaired) electrons. The second-order valence-electron chi connectivity index (χ2n) is 5.10. The lowest BCUT2D eigenvalue weighted by Crippen LogP contribution is -2.54. The molecule has 1 N–H and O–H groups in total. The van der Waals surface area contributed by atoms with Gasteiger partial charge in [-0.1, -0.05) is 0 Å². The first-order chi connectivity index (χ1) is 8.58. The molecule has 18 heavy (non-hydrogen) atoms. The molecule has 0 aromatic carbocycles. The lowest BCUT2D eigenvalue weighted by atomic mass is 9.88. The van der Waals surface area contributed by atoms with Crippen molar-refractivity contribution in [2.24, 2.45) is 0 Å². The molecule has 100 valence electrons. The van der Waals surface area contributed by atoms with Crippen molar-refractivity contribution in [1.82, 2.24) is 14.7 Å². The molecule has 1 aromatic rings. The quantitative estimate of drug-likeness (QED) is 0.885. The highest BCUT2D eigenvalue weighted by atomic mass is 16.4. The Morgan fingerprint density at radius 3 is 3.00 bits per heavy atom. The molecule has 0 spiro atoms. The largest absolute Gasteiger partial charge is 0.480 e. The van der Waals surface area contributed by atoms with Gasteiger partial charge >= 0.3 is 5.97 Å². The molecule has 5 heteroatoms. The third kappa shape index (κ3) is 2.27. The summed E-state index contributed by atoms with van der Waals surface area (Å²) in [5.74, 6) is -0.718. The molecule has 0 aliphatic carbocycles. The van der Waals surface area contributed by atoms with E-state index in [0.717, 1.165) is 38.0 Å². The van der Waals surface area contributed by atoms with Crippen LogP contribution in [0.4, 0.5) is 0 Å². The number of carboxylic acids is 1. The highest BCUT2D eigenvalue weighted by molar-refractivity contribution is 5.78. The number of carbonyl (C=O) groups is 1. The molecule has 1 fully saturated rings. The Kier molecular flexibility index (Phi) is 3.71. The molecule has 2 rings (SSSR count). The molecule has 1 saturated heterocycles. The SMILES string of the molecule is CCn1nccc1CN1CCCCC1(C)C(=O)O. The van der Waals surface area contributed by atoms with Crippen LogP contribution < -0.4 is 0 Å². The lowest BCUT2D eigenvalue weighted by molar-refractivity contribution is -0.153. The fourth-order valence-corrected chi connectivity index (χ4v) is 2.65. The average Bonchev–Trinajstić information content (AvgIpc) is 2.79. The number of carboxylic acid groups (broad SMARTS) is 1. The van der Waals surface area contributed by atoms with Crippen molar-refractivity contribution in [3.63, 3.8) is 0 Å². The number of hydrogen-bond acceptors (Lipinski definition) is 3. The zero-order valence-corrected chi connectivity index (χ0v) is 11.1. The predicted octanol–water partition coefficient (Wildman–Crippen LogP) is 1.73. The third-order valence-corrected chi connectivity index (χ3v) is 3.96. The maximum absolute atomic E-state index is 11.5. The van der Waals surface area contributed by atoms with E-state index in [-0.39, 0.29) is 0 Å². The number of nitrogens with zero attached hydrogens (tertiary/aromatic N) is 3. The van der Waals surface area contributed by atoms with E-state index in [9.17, 15) is 9.90 Å². The molecule has 0 amide bonds. The number of aliphatic carboxylic acids is 1. The summed E-state index contributed by atoms with van der Waals surface area (Å²) in [6.07, 6.45) is 4.57. The summed E-state index contributed by atoms with van der Waals surface area (Å²) in [7, 11) is 0. The highest BCUT2D eigenvalue weighted by Gasteiger charge is 2.41. The topological polar surface area (TPSA) is 58.4 Å². The first-order valence-electron chi connectivity index (χ1n) is 6.57. The number of likely N-dealkylation sites (tertiary alicyclic amines) is 1. The van der Waals surface area contributed by atoms with Crippen LogP contribution in [0.25, 0.3) is 0 Å². The maximum Gasteiger partial charge on any atom is 0.323 e. The van der Waals surface area contributed by atoms with E-state index in [1.54, 1.807) is 6.20 Å². The summed E-state index contributed by atoms with van der Waals surface area (Å²) in [5.41, 5.74) is 0.355. The number of aryl methyl sites for hydroxylation is 1. The van der Waals surface area contributed by atoms with Crippen molar-refractivity contribution in [2.45, 2.75) is 51.7 Å². The van der Waals surface area contributed by atoms with Crippen LogP contribution in [0, 0.1) is 0 Å². The number of piperidine rings is 1. The summed E-state index contributed by atoms with van der Waals surface area (Å²) < 4.78 is 1.93. The Hall–Kier alpha value is -1.36. The molecule has 0 saturated carbocycles. The number of hydrogen-bond donors (Lipinski definition) is 1. The zero-order valence-electron chi connectivity index (χ0n) is 11.1. The van der Waals surface area contributed by atoms with Crippen molar-refractivity contribution >= 4 is 5.97 Å². The summed E-state index contributed by atoms with van der Waals surface area (Å²) in [4.78, 5) is 13.6. The smallest absolute Gasteiger partial charge is 0.323 e. The summed E-state index contributed by atoms with van der Waals surface area (Å²) >= 11 is 0. The van der Waals surface area contributed by atoms with Gasteiger partial charge < -0.3 is 5.11 Å². The van der Waals surface area contributed by atoms with E-state index in [1.807, 2.05) is 24.6 Å². The van der Waals surface area contributed by atoms with Crippen LogP contribution >= 0.6 is 0 Å². The molecule has 1 unspecified atom stereocenters. The van der Waals surface area contributed by atoms with Crippen molar-refractivity contribution in [3.8, 4) is 0 Å². The Labute approximate surface area is 107 Å². The van der Waals surface area contributed by atoms with E-state index < -0.39 is 11.5 Å². The summed E-state index contributed by atoms with van der Waals surface area (Å²) in [6.45, 7) is 6.21. The second-order valence-corrected chi connectivity index (χ2v) is 5.10. The van der Waals surface area contributed by atoms with Crippen LogP contribution in [0.3, 0.4) is 0 Å². The van der Waals surface area contributed by atoms with E-state index in [0.29, 0.717) is 6.54 Å². The predicted molar refractivity (Wildman–Crippen MR) is 68.2 cm³/mol. The van der Waals surface area contributed by atoms with Crippen molar-refractivity contribution < 1.29 is 9.90 Å². The van der Waals surface area contributed by atoms with Crippen molar-refractivity contribution in [3.05, 3.63) is 18.0 Å². The van der Waals surface area contributed by atoms with Crippen LogP contribution in [0.15, 0.2) is 12.3 Å². The van der Waals surface area contributed by atoms with E-state index in [2.05, 4.69) is 10.00 Å². The normalized spacial score (nSPS) is 25.2. The third-order valence-electron chi connectivity index (χ3n) is 3.96. The van der Waals surface area contributed by atoms with Gasteiger partial charge in [0.1, 0.15) is 5.54 Å². The van der Waals surface area contributed by atoms with Crippen LogP contribution in [0.2, 0.25) is 0 Å². The minimum Gasteiger partial charge on any atom is -0.480 e. The minimum absolute atomic E-state index is 0.663. The average molecular weight is 251 g/mol. The van der Waals surface area contributed by atoms with Crippen LogP contribution in [-0.2, 0) is 17.9 Å². The van der Waals surface area contributed by atoms with Gasteiger partial charge in [-0.15, -0.1) is 0 Å². The molecular formula is C13H21N3O2. The van der Waals surface area contributed by atoms with Crippen molar-refractivity contribution in [1.29, 1.82) is 0 Å². The fourth-order valence-electron chi connectivity index (χ4n) is 2.65. The summed E-state index contributed by atoms with van der Waals surface area (Å²) in [5, 5.41) is 13.7. The Balaban J connectivity index is 2.18. The highest BCUT2D eigenvalue weighted by Crippen LogP contribution is 2.29. The van der Waals surface area contributed by atoms with Gasteiger partial charge in [-0.3, -0.25) is 14.4 Å². The van der Waals surface area contributed by atoms with Gasteiger partial charge in [0.05, 0.1) is 5.69 Å². The van der Waals surface area contributed by atoms with Gasteiger partial charge in [0.15, 0.2) is 0 Å². The lowest BCUT2D eigenvalue weighted by Gasteiger charge is -2.41. The van der Waals surface area contributed by atoms with Gasteiger partial charge in [-0.05, 0) is 45.7 Å². The van der Waals surface area contributed by atoms with Crippen LogP contribution in [-0.4, -0.2) is 37.8 Å². The zero-order chi connectivity index (χ0) is 13.2. The van der Waals surface area contributed by atoms with E-state index in [1.165, 1.54) is 0 Å². The van der Waals surface area contributed by atoms with Crippen molar-refractivity contribution in [2.75, 3.05) is 6.54 Å². The molecule has 0 bridgehead atoms. The first-order valence-corrected chi connectivity index (χ1v) is 6.57. The van der Waals surface area contributed by atoms with Gasteiger partial charge in [0, 0.05) is 19.3 Å². The molecule has 1 aliphatic rings. The number of aromatic nitrogens is 2. The molecule has 1 aromatic heterocycles. The standard InChI is InChI=1S/C13H21N3O2/c1-3-16-11(6-8-14-16)10-15-9-5-4-7-13(15,2)12(17)18/h6,8H,3-5,7,9-10H2,1-2H3,(H,17,18). The Bertz CT molecular complexity index is 430. The van der Waals surface area contributed by atoms with Gasteiger partial charge in [0.25, 0.3) is 0 Å². The maximum atomic E-state index is 11.5. The first kappa shape index (κ1) is 13.1. The Morgan fingerprint density at radius 2 is 2.33 bits per heavy atom. The van der Waals surface area contributed by atoms with Gasteiger partial charge in [0.2, 0.25) is 0 Å². The molecular weight excluding hydrogens is 230 g/mol. The fraction of sp³-hybridized carbons (Fsp3) is 0.692. The molecule has 1 atom stereocenters. The molecule has 1 aliphatic heterocycles. The Morgan fingerprint density at radius 1 is 1.56 bits per heavy atom. The molecule has 2 heterocycles.